The fourth-order valence-corrected chi connectivity index (χ4v) is 1.87. The van der Waals surface area contributed by atoms with Crippen LogP contribution in [0.2, 0.25) is 0 Å². The molecule has 0 aliphatic heterocycles. The molecule has 0 aliphatic carbocycles. The maximum atomic E-state index is 11.7. The summed E-state index contributed by atoms with van der Waals surface area (Å²) in [6.45, 7) is 5.11. The normalized spacial score (nSPS) is 12.6. The third kappa shape index (κ3) is 4.00. The second-order valence-electron chi connectivity index (χ2n) is 2.77. The van der Waals surface area contributed by atoms with Crippen molar-refractivity contribution in [2.75, 3.05) is 26.0 Å². The summed E-state index contributed by atoms with van der Waals surface area (Å²) in [4.78, 5) is 13.4. The van der Waals surface area contributed by atoms with Crippen LogP contribution in [0, 0.1) is 0 Å². The smallest absolute Gasteiger partial charge is 0.235 e. The number of carbonyl (C=O) groups excluding carboxylic acids is 1. The van der Waals surface area contributed by atoms with Crippen LogP contribution in [0.1, 0.15) is 20.3 Å². The highest BCUT2D eigenvalue weighted by molar-refractivity contribution is 7.99. The number of amides is 1. The van der Waals surface area contributed by atoms with Gasteiger partial charge in [-0.15, -0.1) is 0 Å². The maximum Gasteiger partial charge on any atom is 0.235 e. The van der Waals surface area contributed by atoms with E-state index in [1.54, 1.807) is 16.7 Å². The van der Waals surface area contributed by atoms with Crippen molar-refractivity contribution in [2.24, 2.45) is 0 Å². The van der Waals surface area contributed by atoms with Crippen LogP contribution in [0.3, 0.4) is 0 Å². The fraction of sp³-hybridized carbons (Fsp3) is 0.889. The van der Waals surface area contributed by atoms with Gasteiger partial charge in [0, 0.05) is 13.1 Å². The van der Waals surface area contributed by atoms with E-state index < -0.39 is 0 Å². The molecule has 13 heavy (non-hydrogen) atoms. The number of rotatable bonds is 6. The topological polar surface area (TPSA) is 40.5 Å². The maximum absolute atomic E-state index is 11.7. The molecule has 3 nitrogen and oxygen atoms in total. The Hall–Kier alpha value is -0.220. The van der Waals surface area contributed by atoms with Gasteiger partial charge >= 0.3 is 0 Å². The second-order valence-corrected chi connectivity index (χ2v) is 3.81. The summed E-state index contributed by atoms with van der Waals surface area (Å²) < 4.78 is 0. The van der Waals surface area contributed by atoms with E-state index in [1.807, 2.05) is 20.1 Å². The number of hydrogen-bond donors (Lipinski definition) is 1. The van der Waals surface area contributed by atoms with Gasteiger partial charge in [0.05, 0.1) is 11.9 Å². The van der Waals surface area contributed by atoms with Gasteiger partial charge in [0.1, 0.15) is 0 Å². The predicted octanol–water partition coefficient (Wildman–Crippen LogP) is 0.969. The van der Waals surface area contributed by atoms with Crippen LogP contribution in [0.15, 0.2) is 0 Å². The molecule has 0 radical (unpaired) electrons. The number of carbonyl (C=O) groups is 1. The molecule has 1 amide bonds. The standard InChI is InChI=1S/C9H19NO2S/c1-4-8(13-3)9(12)10(5-2)6-7-11/h8,11H,4-7H2,1-3H3. The Balaban J connectivity index is 4.16. The molecule has 0 fully saturated rings. The number of aliphatic hydroxyl groups is 1. The summed E-state index contributed by atoms with van der Waals surface area (Å²) in [5, 5.41) is 8.79. The van der Waals surface area contributed by atoms with E-state index in [9.17, 15) is 4.79 Å². The van der Waals surface area contributed by atoms with Gasteiger partial charge < -0.3 is 10.0 Å². The number of thioether (sulfide) groups is 1. The number of nitrogens with zero attached hydrogens (tertiary/aromatic N) is 1. The third-order valence-corrected chi connectivity index (χ3v) is 3.10. The molecular formula is C9H19NO2S. The highest BCUT2D eigenvalue weighted by Crippen LogP contribution is 2.13. The Morgan fingerprint density at radius 3 is 2.46 bits per heavy atom. The molecular weight excluding hydrogens is 186 g/mol. The molecule has 0 bridgehead atoms. The van der Waals surface area contributed by atoms with Crippen molar-refractivity contribution in [2.45, 2.75) is 25.5 Å². The Kier molecular flexibility index (Phi) is 7.09. The van der Waals surface area contributed by atoms with E-state index in [0.717, 1.165) is 6.42 Å². The number of likely N-dealkylation sites (N-methyl/N-ethyl adjacent to an activating group) is 1. The van der Waals surface area contributed by atoms with Gasteiger partial charge in [-0.25, -0.2) is 0 Å². The first-order valence-corrected chi connectivity index (χ1v) is 5.92. The molecule has 0 rings (SSSR count). The average Bonchev–Trinajstić information content (AvgIpc) is 2.15. The van der Waals surface area contributed by atoms with Crippen molar-refractivity contribution in [1.82, 2.24) is 4.90 Å². The summed E-state index contributed by atoms with van der Waals surface area (Å²) in [6.07, 6.45) is 2.79. The van der Waals surface area contributed by atoms with Crippen LogP contribution in [-0.2, 0) is 4.79 Å². The molecule has 1 N–H and O–H groups in total. The van der Waals surface area contributed by atoms with Crippen molar-refractivity contribution >= 4 is 17.7 Å². The molecule has 0 aliphatic rings. The van der Waals surface area contributed by atoms with Crippen LogP contribution in [0.4, 0.5) is 0 Å². The van der Waals surface area contributed by atoms with Crippen molar-refractivity contribution in [3.8, 4) is 0 Å². The first kappa shape index (κ1) is 12.8. The van der Waals surface area contributed by atoms with E-state index in [1.165, 1.54) is 0 Å². The molecule has 0 saturated carbocycles. The zero-order valence-electron chi connectivity index (χ0n) is 8.62. The lowest BCUT2D eigenvalue weighted by Crippen LogP contribution is -2.39. The molecule has 0 aromatic heterocycles. The van der Waals surface area contributed by atoms with Crippen molar-refractivity contribution < 1.29 is 9.90 Å². The SMILES string of the molecule is CCC(SC)C(=O)N(CC)CCO. The Morgan fingerprint density at radius 2 is 2.15 bits per heavy atom. The summed E-state index contributed by atoms with van der Waals surface area (Å²) in [5.74, 6) is 0.145. The number of aliphatic hydroxyl groups excluding tert-OH is 1. The van der Waals surface area contributed by atoms with Crippen molar-refractivity contribution in [1.29, 1.82) is 0 Å². The van der Waals surface area contributed by atoms with Gasteiger partial charge in [-0.05, 0) is 19.6 Å². The predicted molar refractivity (Wildman–Crippen MR) is 56.9 cm³/mol. The van der Waals surface area contributed by atoms with E-state index in [-0.39, 0.29) is 17.8 Å². The first-order chi connectivity index (χ1) is 6.21. The molecule has 4 heteroatoms. The summed E-state index contributed by atoms with van der Waals surface area (Å²) in [5.41, 5.74) is 0. The van der Waals surface area contributed by atoms with Gasteiger partial charge in [-0.1, -0.05) is 6.92 Å². The molecule has 0 heterocycles. The largest absolute Gasteiger partial charge is 0.395 e. The Morgan fingerprint density at radius 1 is 1.54 bits per heavy atom. The minimum Gasteiger partial charge on any atom is -0.395 e. The van der Waals surface area contributed by atoms with Crippen LogP contribution in [0.25, 0.3) is 0 Å². The molecule has 1 atom stereocenters. The lowest BCUT2D eigenvalue weighted by atomic mass is 10.3. The minimum atomic E-state index is 0.0460. The summed E-state index contributed by atoms with van der Waals surface area (Å²) >= 11 is 1.57. The zero-order valence-corrected chi connectivity index (χ0v) is 9.43. The minimum absolute atomic E-state index is 0.0460. The Bertz CT molecular complexity index is 149. The molecule has 0 saturated heterocycles. The van der Waals surface area contributed by atoms with E-state index >= 15 is 0 Å². The monoisotopic (exact) mass is 205 g/mol. The molecule has 0 spiro atoms. The quantitative estimate of drug-likeness (QED) is 0.702. The second kappa shape index (κ2) is 7.21. The average molecular weight is 205 g/mol. The van der Waals surface area contributed by atoms with Crippen molar-refractivity contribution in [3.05, 3.63) is 0 Å². The van der Waals surface area contributed by atoms with Gasteiger partial charge in [0.25, 0.3) is 0 Å². The van der Waals surface area contributed by atoms with E-state index in [2.05, 4.69) is 0 Å². The van der Waals surface area contributed by atoms with Gasteiger partial charge in [-0.2, -0.15) is 11.8 Å². The third-order valence-electron chi connectivity index (χ3n) is 1.99. The fourth-order valence-electron chi connectivity index (χ4n) is 1.19. The highest BCUT2D eigenvalue weighted by Gasteiger charge is 2.19. The van der Waals surface area contributed by atoms with Crippen LogP contribution in [0.5, 0.6) is 0 Å². The molecule has 0 aromatic rings. The van der Waals surface area contributed by atoms with Crippen LogP contribution in [-0.4, -0.2) is 47.1 Å². The Labute approximate surface area is 84.5 Å². The molecule has 1 unspecified atom stereocenters. The van der Waals surface area contributed by atoms with Crippen LogP contribution < -0.4 is 0 Å². The van der Waals surface area contributed by atoms with E-state index in [0.29, 0.717) is 13.1 Å². The molecule has 78 valence electrons. The zero-order chi connectivity index (χ0) is 10.3. The van der Waals surface area contributed by atoms with E-state index in [4.69, 9.17) is 5.11 Å². The van der Waals surface area contributed by atoms with Gasteiger partial charge in [0.15, 0.2) is 0 Å². The van der Waals surface area contributed by atoms with Gasteiger partial charge in [0.2, 0.25) is 5.91 Å². The summed E-state index contributed by atoms with van der Waals surface area (Å²) in [7, 11) is 0. The van der Waals surface area contributed by atoms with Crippen molar-refractivity contribution in [3.63, 3.8) is 0 Å². The molecule has 0 aromatic carbocycles. The van der Waals surface area contributed by atoms with Crippen LogP contribution >= 0.6 is 11.8 Å². The van der Waals surface area contributed by atoms with Gasteiger partial charge in [-0.3, -0.25) is 4.79 Å². The lowest BCUT2D eigenvalue weighted by Gasteiger charge is -2.23. The lowest BCUT2D eigenvalue weighted by molar-refractivity contribution is -0.130. The highest BCUT2D eigenvalue weighted by atomic mass is 32.2. The first-order valence-electron chi connectivity index (χ1n) is 4.63. The summed E-state index contributed by atoms with van der Waals surface area (Å²) in [6, 6.07) is 0. The number of hydrogen-bond acceptors (Lipinski definition) is 3.